The number of anilines is 1. The number of carbonyl (C=O) groups excluding carboxylic acids is 1. The lowest BCUT2D eigenvalue weighted by molar-refractivity contribution is 0.252. The van der Waals surface area contributed by atoms with E-state index in [1.54, 1.807) is 30.5 Å². The topological polar surface area (TPSA) is 53.5 Å². The maximum absolute atomic E-state index is 11.6. The first-order valence-corrected chi connectivity index (χ1v) is 6.44. The Balaban J connectivity index is 1.91. The molecule has 0 aromatic heterocycles. The number of aryl methyl sites for hydroxylation is 1. The number of nitrogens with one attached hydrogen (secondary N) is 2. The molecule has 2 rings (SSSR count). The summed E-state index contributed by atoms with van der Waals surface area (Å²) in [5.41, 5.74) is 5.06. The minimum atomic E-state index is -0.419. The minimum Gasteiger partial charge on any atom is -0.306 e. The van der Waals surface area contributed by atoms with Gasteiger partial charge >= 0.3 is 6.03 Å². The smallest absolute Gasteiger partial charge is 0.306 e. The molecule has 0 aliphatic heterocycles. The van der Waals surface area contributed by atoms with E-state index in [9.17, 15) is 4.79 Å². The van der Waals surface area contributed by atoms with Crippen LogP contribution in [0.3, 0.4) is 0 Å². The highest BCUT2D eigenvalue weighted by atomic mass is 35.5. The number of nitrogens with zero attached hydrogens (tertiary/aromatic N) is 1. The molecular weight excluding hydrogens is 274 g/mol. The van der Waals surface area contributed by atoms with Gasteiger partial charge in [-0.1, -0.05) is 41.9 Å². The van der Waals surface area contributed by atoms with E-state index < -0.39 is 6.03 Å². The van der Waals surface area contributed by atoms with E-state index in [0.29, 0.717) is 10.7 Å². The van der Waals surface area contributed by atoms with Crippen molar-refractivity contribution in [1.82, 2.24) is 5.43 Å². The van der Waals surface area contributed by atoms with Crippen LogP contribution in [-0.4, -0.2) is 12.2 Å². The zero-order valence-electron chi connectivity index (χ0n) is 10.9. The summed E-state index contributed by atoms with van der Waals surface area (Å²) in [7, 11) is 0. The molecule has 0 aliphatic rings. The molecular formula is C15H14ClN3O. The van der Waals surface area contributed by atoms with Gasteiger partial charge in [-0.05, 0) is 36.2 Å². The van der Waals surface area contributed by atoms with Gasteiger partial charge in [0.1, 0.15) is 0 Å². The first-order chi connectivity index (χ1) is 9.65. The van der Waals surface area contributed by atoms with E-state index >= 15 is 0 Å². The molecule has 0 saturated carbocycles. The number of carbonyl (C=O) groups is 1. The summed E-state index contributed by atoms with van der Waals surface area (Å²) < 4.78 is 0. The van der Waals surface area contributed by atoms with Gasteiger partial charge in [-0.25, -0.2) is 10.2 Å². The molecule has 0 atom stereocenters. The van der Waals surface area contributed by atoms with E-state index in [0.717, 1.165) is 11.1 Å². The van der Waals surface area contributed by atoms with Crippen molar-refractivity contribution in [2.24, 2.45) is 5.10 Å². The SMILES string of the molecule is Cc1ccccc1/C=N\NC(=O)Nc1cccc(Cl)c1. The molecule has 0 saturated heterocycles. The quantitative estimate of drug-likeness (QED) is 0.655. The highest BCUT2D eigenvalue weighted by molar-refractivity contribution is 6.30. The summed E-state index contributed by atoms with van der Waals surface area (Å²) in [5.74, 6) is 0. The third-order valence-electron chi connectivity index (χ3n) is 2.64. The lowest BCUT2D eigenvalue weighted by atomic mass is 10.1. The second-order valence-corrected chi connectivity index (χ2v) is 4.63. The van der Waals surface area contributed by atoms with Crippen LogP contribution in [0.1, 0.15) is 11.1 Å². The van der Waals surface area contributed by atoms with Crippen molar-refractivity contribution in [2.45, 2.75) is 6.92 Å². The van der Waals surface area contributed by atoms with Gasteiger partial charge in [0.25, 0.3) is 0 Å². The van der Waals surface area contributed by atoms with Crippen molar-refractivity contribution < 1.29 is 4.79 Å². The summed E-state index contributed by atoms with van der Waals surface area (Å²) in [6.07, 6.45) is 1.60. The number of hydrazone groups is 1. The van der Waals surface area contributed by atoms with Gasteiger partial charge in [0.05, 0.1) is 6.21 Å². The van der Waals surface area contributed by atoms with Gasteiger partial charge in [0.15, 0.2) is 0 Å². The van der Waals surface area contributed by atoms with Gasteiger partial charge in [-0.2, -0.15) is 5.10 Å². The molecule has 0 fully saturated rings. The van der Waals surface area contributed by atoms with Crippen LogP contribution in [0.5, 0.6) is 0 Å². The van der Waals surface area contributed by atoms with Crippen LogP contribution in [0.15, 0.2) is 53.6 Å². The summed E-state index contributed by atoms with van der Waals surface area (Å²) in [6, 6.07) is 14.3. The van der Waals surface area contributed by atoms with Crippen molar-refractivity contribution in [3.8, 4) is 0 Å². The largest absolute Gasteiger partial charge is 0.339 e. The highest BCUT2D eigenvalue weighted by Crippen LogP contribution is 2.14. The van der Waals surface area contributed by atoms with Crippen molar-refractivity contribution in [3.63, 3.8) is 0 Å². The Hall–Kier alpha value is -2.33. The number of hydrogen-bond donors (Lipinski definition) is 2. The zero-order valence-corrected chi connectivity index (χ0v) is 11.7. The number of rotatable bonds is 3. The van der Waals surface area contributed by atoms with E-state index in [-0.39, 0.29) is 0 Å². The Morgan fingerprint density at radius 2 is 2.00 bits per heavy atom. The van der Waals surface area contributed by atoms with E-state index in [1.165, 1.54) is 0 Å². The maximum atomic E-state index is 11.6. The van der Waals surface area contributed by atoms with Crippen LogP contribution < -0.4 is 10.7 Å². The molecule has 5 heteroatoms. The summed E-state index contributed by atoms with van der Waals surface area (Å²) >= 11 is 5.83. The Morgan fingerprint density at radius 3 is 2.75 bits per heavy atom. The third-order valence-corrected chi connectivity index (χ3v) is 2.88. The molecule has 2 amide bonds. The normalized spacial score (nSPS) is 10.5. The molecule has 4 nitrogen and oxygen atoms in total. The average molecular weight is 288 g/mol. The van der Waals surface area contributed by atoms with Crippen LogP contribution in [0.2, 0.25) is 5.02 Å². The molecule has 2 aromatic carbocycles. The molecule has 2 N–H and O–H groups in total. The summed E-state index contributed by atoms with van der Waals surface area (Å²) in [6.45, 7) is 1.98. The van der Waals surface area contributed by atoms with Gasteiger partial charge in [-0.15, -0.1) is 0 Å². The predicted octanol–water partition coefficient (Wildman–Crippen LogP) is 3.80. The fraction of sp³-hybridized carbons (Fsp3) is 0.0667. The molecule has 20 heavy (non-hydrogen) atoms. The standard InChI is InChI=1S/C15H14ClN3O/c1-11-5-2-3-6-12(11)10-17-19-15(20)18-14-8-4-7-13(16)9-14/h2-10H,1H3,(H2,18,19,20)/b17-10-. The van der Waals surface area contributed by atoms with E-state index in [4.69, 9.17) is 11.6 Å². The number of halogens is 1. The summed E-state index contributed by atoms with van der Waals surface area (Å²) in [5, 5.41) is 7.10. The fourth-order valence-electron chi connectivity index (χ4n) is 1.62. The van der Waals surface area contributed by atoms with Crippen molar-refractivity contribution in [2.75, 3.05) is 5.32 Å². The maximum Gasteiger partial charge on any atom is 0.339 e. The molecule has 0 unspecified atom stereocenters. The monoisotopic (exact) mass is 287 g/mol. The third kappa shape index (κ3) is 4.10. The lowest BCUT2D eigenvalue weighted by Crippen LogP contribution is -2.24. The van der Waals surface area contributed by atoms with Crippen molar-refractivity contribution in [3.05, 3.63) is 64.7 Å². The first kappa shape index (κ1) is 14.1. The van der Waals surface area contributed by atoms with Crippen LogP contribution >= 0.6 is 11.6 Å². The molecule has 0 aliphatic carbocycles. The minimum absolute atomic E-state index is 0.419. The van der Waals surface area contributed by atoms with Crippen LogP contribution in [-0.2, 0) is 0 Å². The van der Waals surface area contributed by atoms with Crippen LogP contribution in [0.4, 0.5) is 10.5 Å². The van der Waals surface area contributed by atoms with Crippen LogP contribution in [0.25, 0.3) is 0 Å². The molecule has 0 heterocycles. The first-order valence-electron chi connectivity index (χ1n) is 6.06. The zero-order chi connectivity index (χ0) is 14.4. The second kappa shape index (κ2) is 6.73. The number of amides is 2. The molecule has 102 valence electrons. The lowest BCUT2D eigenvalue weighted by Gasteiger charge is -2.04. The van der Waals surface area contributed by atoms with Gasteiger partial charge in [0.2, 0.25) is 0 Å². The summed E-state index contributed by atoms with van der Waals surface area (Å²) in [4.78, 5) is 11.6. The number of hydrogen-bond acceptors (Lipinski definition) is 2. The Bertz CT molecular complexity index is 641. The Kier molecular flexibility index (Phi) is 4.74. The van der Waals surface area contributed by atoms with Crippen molar-refractivity contribution >= 4 is 29.5 Å². The van der Waals surface area contributed by atoms with E-state index in [1.807, 2.05) is 31.2 Å². The van der Waals surface area contributed by atoms with Gasteiger partial charge in [-0.3, -0.25) is 0 Å². The number of benzene rings is 2. The van der Waals surface area contributed by atoms with Gasteiger partial charge < -0.3 is 5.32 Å². The molecule has 0 bridgehead atoms. The predicted molar refractivity (Wildman–Crippen MR) is 82.4 cm³/mol. The Labute approximate surface area is 122 Å². The van der Waals surface area contributed by atoms with Crippen molar-refractivity contribution in [1.29, 1.82) is 0 Å². The number of urea groups is 1. The molecule has 0 spiro atoms. The second-order valence-electron chi connectivity index (χ2n) is 4.19. The molecule has 2 aromatic rings. The van der Waals surface area contributed by atoms with Gasteiger partial charge in [0, 0.05) is 10.7 Å². The Morgan fingerprint density at radius 1 is 1.20 bits per heavy atom. The van der Waals surface area contributed by atoms with Crippen LogP contribution in [0, 0.1) is 6.92 Å². The fourth-order valence-corrected chi connectivity index (χ4v) is 1.81. The van der Waals surface area contributed by atoms with E-state index in [2.05, 4.69) is 15.8 Å². The molecule has 0 radical (unpaired) electrons. The average Bonchev–Trinajstić information content (AvgIpc) is 2.41. The highest BCUT2D eigenvalue weighted by Gasteiger charge is 2.00.